The SMILES string of the molecule is CC(C)[C@@H]1CC[C@@H](C)C[C@H]1[P@](=O)(C=C=C(c1ccccc1)P(=O)(c1ccccc1)c1ccccc1)c1ccccc1. The fourth-order valence-electron chi connectivity index (χ4n) is 6.41. The van der Waals surface area contributed by atoms with Crippen LogP contribution in [0.15, 0.2) is 133 Å². The maximum Gasteiger partial charge on any atom is 0.179 e. The first-order chi connectivity index (χ1) is 19.8. The first-order valence-corrected chi connectivity index (χ1v) is 18.3. The monoisotopic (exact) mass is 578 g/mol. The minimum atomic E-state index is -3.37. The third-order valence-corrected chi connectivity index (χ3v) is 14.9. The molecule has 1 aliphatic carbocycles. The quantitative estimate of drug-likeness (QED) is 0.154. The third kappa shape index (κ3) is 6.08. The molecule has 0 spiro atoms. The first-order valence-electron chi connectivity index (χ1n) is 14.7. The fraction of sp³-hybridized carbons (Fsp3) is 0.270. The molecular formula is C37H40O2P2. The van der Waals surface area contributed by atoms with Crippen LogP contribution < -0.4 is 15.9 Å². The zero-order chi connectivity index (χ0) is 28.9. The van der Waals surface area contributed by atoms with Crippen molar-refractivity contribution in [3.8, 4) is 0 Å². The number of benzene rings is 4. The van der Waals surface area contributed by atoms with Gasteiger partial charge in [-0.2, -0.15) is 0 Å². The Hall–Kier alpha value is -3.14. The summed E-state index contributed by atoms with van der Waals surface area (Å²) in [4.78, 5) is 0. The minimum Gasteiger partial charge on any atom is -0.313 e. The third-order valence-electron chi connectivity index (χ3n) is 8.63. The molecule has 0 aromatic heterocycles. The Morgan fingerprint density at radius 1 is 0.707 bits per heavy atom. The Morgan fingerprint density at radius 3 is 1.66 bits per heavy atom. The van der Waals surface area contributed by atoms with Gasteiger partial charge >= 0.3 is 0 Å². The van der Waals surface area contributed by atoms with E-state index in [1.54, 1.807) is 0 Å². The van der Waals surface area contributed by atoms with E-state index in [9.17, 15) is 0 Å². The molecule has 1 aliphatic rings. The van der Waals surface area contributed by atoms with Crippen molar-refractivity contribution in [3.63, 3.8) is 0 Å². The second-order valence-electron chi connectivity index (χ2n) is 11.7. The lowest BCUT2D eigenvalue weighted by Gasteiger charge is -2.40. The summed E-state index contributed by atoms with van der Waals surface area (Å²) in [5.41, 5.74) is 4.40. The van der Waals surface area contributed by atoms with Crippen LogP contribution in [-0.2, 0) is 9.13 Å². The minimum absolute atomic E-state index is 0.0195. The van der Waals surface area contributed by atoms with Crippen LogP contribution in [0, 0.1) is 17.8 Å². The van der Waals surface area contributed by atoms with Crippen molar-refractivity contribution in [2.45, 2.75) is 45.7 Å². The summed E-state index contributed by atoms with van der Waals surface area (Å²) in [5, 5.41) is 2.94. The van der Waals surface area contributed by atoms with E-state index in [-0.39, 0.29) is 5.66 Å². The fourth-order valence-corrected chi connectivity index (χ4v) is 12.7. The second-order valence-corrected chi connectivity index (χ2v) is 17.3. The molecule has 4 atom stereocenters. The molecule has 4 heteroatoms. The van der Waals surface area contributed by atoms with Gasteiger partial charge in [0.15, 0.2) is 7.14 Å². The van der Waals surface area contributed by atoms with Gasteiger partial charge in [-0.1, -0.05) is 149 Å². The lowest BCUT2D eigenvalue weighted by molar-refractivity contribution is 0.238. The van der Waals surface area contributed by atoms with Crippen LogP contribution >= 0.6 is 14.3 Å². The molecule has 41 heavy (non-hydrogen) atoms. The van der Waals surface area contributed by atoms with E-state index in [0.717, 1.165) is 34.3 Å². The normalized spacial score (nSPS) is 20.5. The van der Waals surface area contributed by atoms with Gasteiger partial charge in [0.05, 0.1) is 5.31 Å². The van der Waals surface area contributed by atoms with Crippen LogP contribution in [0.5, 0.6) is 0 Å². The van der Waals surface area contributed by atoms with Crippen molar-refractivity contribution in [2.24, 2.45) is 17.8 Å². The molecule has 0 aliphatic heterocycles. The van der Waals surface area contributed by atoms with E-state index < -0.39 is 14.3 Å². The maximum absolute atomic E-state index is 15.6. The molecule has 0 unspecified atom stereocenters. The van der Waals surface area contributed by atoms with Crippen molar-refractivity contribution in [2.75, 3.05) is 0 Å². The van der Waals surface area contributed by atoms with Gasteiger partial charge in [0.25, 0.3) is 0 Å². The van der Waals surface area contributed by atoms with Gasteiger partial charge in [0.1, 0.15) is 7.14 Å². The molecule has 1 fully saturated rings. The van der Waals surface area contributed by atoms with Crippen LogP contribution in [0.1, 0.15) is 45.6 Å². The standard InChI is InChI=1S/C37H40O2P2/c1-29(2)35-25-24-30(3)28-37(35)40(38,32-18-10-5-11-19-32)27-26-36(31-16-8-4-9-17-31)41(39,33-20-12-6-13-21-33)34-22-14-7-15-23-34/h4-23,27,29-30,35,37H,24-25,28H2,1-3H3/t26?,30-,35+,37-,40+/m1/s1. The van der Waals surface area contributed by atoms with E-state index in [4.69, 9.17) is 0 Å². The van der Waals surface area contributed by atoms with Crippen molar-refractivity contribution in [1.82, 2.24) is 0 Å². The van der Waals surface area contributed by atoms with Crippen LogP contribution in [0.4, 0.5) is 0 Å². The van der Waals surface area contributed by atoms with Gasteiger partial charge < -0.3 is 9.13 Å². The lowest BCUT2D eigenvalue weighted by Crippen LogP contribution is -2.34. The summed E-state index contributed by atoms with van der Waals surface area (Å²) >= 11 is 0. The summed E-state index contributed by atoms with van der Waals surface area (Å²) in [6.45, 7) is 6.81. The molecule has 0 bridgehead atoms. The topological polar surface area (TPSA) is 34.1 Å². The Bertz CT molecular complexity index is 1540. The summed E-state index contributed by atoms with van der Waals surface area (Å²) in [6.07, 6.45) is 3.17. The van der Waals surface area contributed by atoms with Gasteiger partial charge in [-0.05, 0) is 36.2 Å². The van der Waals surface area contributed by atoms with Crippen molar-refractivity contribution >= 4 is 35.5 Å². The van der Waals surface area contributed by atoms with E-state index >= 15 is 9.13 Å². The highest BCUT2D eigenvalue weighted by atomic mass is 31.2. The van der Waals surface area contributed by atoms with Gasteiger partial charge in [-0.3, -0.25) is 0 Å². The summed E-state index contributed by atoms with van der Waals surface area (Å²) in [7, 11) is -6.47. The number of hydrogen-bond donors (Lipinski definition) is 0. The van der Waals surface area contributed by atoms with Gasteiger partial charge in [-0.25, -0.2) is 0 Å². The summed E-state index contributed by atoms with van der Waals surface area (Å²) in [6, 6.07) is 39.2. The lowest BCUT2D eigenvalue weighted by atomic mass is 9.77. The molecular weight excluding hydrogens is 538 g/mol. The van der Waals surface area contributed by atoms with E-state index in [0.29, 0.717) is 23.1 Å². The smallest absolute Gasteiger partial charge is 0.179 e. The van der Waals surface area contributed by atoms with Gasteiger partial charge in [0.2, 0.25) is 0 Å². The van der Waals surface area contributed by atoms with E-state index in [1.165, 1.54) is 6.42 Å². The zero-order valence-corrected chi connectivity index (χ0v) is 26.1. The Kier molecular flexibility index (Phi) is 9.16. The zero-order valence-electron chi connectivity index (χ0n) is 24.3. The highest BCUT2D eigenvalue weighted by Crippen LogP contribution is 2.61. The van der Waals surface area contributed by atoms with Gasteiger partial charge in [0, 0.05) is 27.4 Å². The van der Waals surface area contributed by atoms with Crippen LogP contribution in [0.2, 0.25) is 0 Å². The molecule has 0 radical (unpaired) electrons. The highest BCUT2D eigenvalue weighted by Gasteiger charge is 2.43. The van der Waals surface area contributed by atoms with Crippen LogP contribution in [0.25, 0.3) is 5.31 Å². The largest absolute Gasteiger partial charge is 0.313 e. The average Bonchev–Trinajstić information content (AvgIpc) is 3.02. The second kappa shape index (κ2) is 12.8. The molecule has 210 valence electrons. The molecule has 0 amide bonds. The molecule has 4 aromatic carbocycles. The number of hydrogen-bond acceptors (Lipinski definition) is 2. The summed E-state index contributed by atoms with van der Waals surface area (Å²) in [5.74, 6) is 3.14. The highest BCUT2D eigenvalue weighted by molar-refractivity contribution is 7.87. The molecule has 0 heterocycles. The molecule has 1 saturated carbocycles. The predicted molar refractivity (Wildman–Crippen MR) is 177 cm³/mol. The summed E-state index contributed by atoms with van der Waals surface area (Å²) < 4.78 is 31.1. The van der Waals surface area contributed by atoms with Crippen LogP contribution in [0.3, 0.4) is 0 Å². The average molecular weight is 579 g/mol. The number of rotatable bonds is 8. The predicted octanol–water partition coefficient (Wildman–Crippen LogP) is 9.30. The van der Waals surface area contributed by atoms with E-state index in [2.05, 4.69) is 26.5 Å². The molecule has 0 saturated heterocycles. The van der Waals surface area contributed by atoms with Crippen molar-refractivity contribution < 1.29 is 9.13 Å². The maximum atomic E-state index is 15.6. The molecule has 2 nitrogen and oxygen atoms in total. The van der Waals surface area contributed by atoms with E-state index in [1.807, 2.05) is 127 Å². The molecule has 5 rings (SSSR count). The Balaban J connectivity index is 1.82. The van der Waals surface area contributed by atoms with Crippen molar-refractivity contribution in [1.29, 1.82) is 0 Å². The molecule has 4 aromatic rings. The molecule has 0 N–H and O–H groups in total. The van der Waals surface area contributed by atoms with Gasteiger partial charge in [-0.15, -0.1) is 5.73 Å². The van der Waals surface area contributed by atoms with Crippen LogP contribution in [-0.4, -0.2) is 5.66 Å². The Labute approximate surface area is 246 Å². The Morgan fingerprint density at radius 2 is 1.17 bits per heavy atom. The first kappa shape index (κ1) is 29.4. The van der Waals surface area contributed by atoms with Crippen molar-refractivity contribution in [3.05, 3.63) is 138 Å².